The fourth-order valence-corrected chi connectivity index (χ4v) is 4.14. The first-order valence-corrected chi connectivity index (χ1v) is 9.28. The lowest BCUT2D eigenvalue weighted by Crippen LogP contribution is -2.42. The van der Waals surface area contributed by atoms with Crippen molar-refractivity contribution in [2.75, 3.05) is 6.54 Å². The van der Waals surface area contributed by atoms with E-state index in [1.54, 1.807) is 6.33 Å². The molecule has 1 atom stereocenters. The molecule has 6 nitrogen and oxygen atoms in total. The molecule has 1 aliphatic rings. The topological polar surface area (TPSA) is 66.8 Å². The van der Waals surface area contributed by atoms with E-state index in [0.29, 0.717) is 18.8 Å². The van der Waals surface area contributed by atoms with E-state index in [4.69, 9.17) is 0 Å². The number of amides is 1. The number of carbonyl (C=O) groups excluding carboxylic acids is 1. The molecule has 1 aromatic carbocycles. The number of aryl methyl sites for hydroxylation is 2. The molecule has 0 unspecified atom stereocenters. The fourth-order valence-electron chi connectivity index (χ4n) is 4.14. The van der Waals surface area contributed by atoms with Crippen molar-refractivity contribution in [3.63, 3.8) is 0 Å². The molecule has 0 fully saturated rings. The van der Waals surface area contributed by atoms with Crippen LogP contribution in [0.25, 0.3) is 10.9 Å². The van der Waals surface area contributed by atoms with Gasteiger partial charge in [0, 0.05) is 43.0 Å². The quantitative estimate of drug-likeness (QED) is 0.786. The lowest BCUT2D eigenvalue weighted by atomic mass is 9.90. The average Bonchev–Trinajstić information content (AvgIpc) is 3.21. The highest BCUT2D eigenvalue weighted by molar-refractivity contribution is 5.86. The summed E-state index contributed by atoms with van der Waals surface area (Å²) < 4.78 is 1.87. The van der Waals surface area contributed by atoms with Gasteiger partial charge in [0.25, 0.3) is 0 Å². The number of aromatic nitrogens is 4. The van der Waals surface area contributed by atoms with Gasteiger partial charge in [0.1, 0.15) is 12.2 Å². The van der Waals surface area contributed by atoms with Crippen LogP contribution in [-0.4, -0.2) is 37.1 Å². The summed E-state index contributed by atoms with van der Waals surface area (Å²) in [5.74, 6) is 1.39. The Balaban J connectivity index is 1.60. The van der Waals surface area contributed by atoms with Gasteiger partial charge in [-0.2, -0.15) is 0 Å². The molecular weight excluding hydrogens is 326 g/mol. The Morgan fingerprint density at radius 3 is 2.88 bits per heavy atom. The number of nitrogens with zero attached hydrogens (tertiary/aromatic N) is 4. The Kier molecular flexibility index (Phi) is 4.26. The Labute approximate surface area is 153 Å². The van der Waals surface area contributed by atoms with E-state index in [-0.39, 0.29) is 11.9 Å². The molecule has 4 rings (SSSR count). The molecule has 0 saturated heterocycles. The number of para-hydroxylation sites is 1. The highest BCUT2D eigenvalue weighted by atomic mass is 16.2. The van der Waals surface area contributed by atoms with Crippen LogP contribution in [0.3, 0.4) is 0 Å². The van der Waals surface area contributed by atoms with Crippen molar-refractivity contribution < 1.29 is 4.79 Å². The number of rotatable bonds is 4. The lowest BCUT2D eigenvalue weighted by molar-refractivity contribution is -0.135. The lowest BCUT2D eigenvalue weighted by Gasteiger charge is -2.38. The van der Waals surface area contributed by atoms with Gasteiger partial charge >= 0.3 is 0 Å². The van der Waals surface area contributed by atoms with Crippen molar-refractivity contribution in [2.45, 2.75) is 39.2 Å². The maximum atomic E-state index is 13.0. The second-order valence-electron chi connectivity index (χ2n) is 7.45. The Morgan fingerprint density at radius 2 is 2.15 bits per heavy atom. The largest absolute Gasteiger partial charge is 0.356 e. The molecule has 2 aromatic heterocycles. The highest BCUT2D eigenvalue weighted by Gasteiger charge is 2.34. The first-order valence-electron chi connectivity index (χ1n) is 9.28. The van der Waals surface area contributed by atoms with Crippen LogP contribution in [0.15, 0.2) is 30.6 Å². The summed E-state index contributed by atoms with van der Waals surface area (Å²) in [6.07, 6.45) is 3.66. The number of hydrogen-bond donors (Lipinski definition) is 1. The third-order valence-electron chi connectivity index (χ3n) is 5.40. The number of hydrogen-bond acceptors (Lipinski definition) is 3. The molecule has 3 heterocycles. The molecular formula is C20H25N5O. The molecule has 26 heavy (non-hydrogen) atoms. The molecule has 1 N–H and O–H groups in total. The molecule has 0 spiro atoms. The summed E-state index contributed by atoms with van der Waals surface area (Å²) in [7, 11) is 1.91. The third kappa shape index (κ3) is 2.79. The summed E-state index contributed by atoms with van der Waals surface area (Å²) in [4.78, 5) is 18.6. The van der Waals surface area contributed by atoms with Crippen LogP contribution >= 0.6 is 0 Å². The van der Waals surface area contributed by atoms with E-state index in [1.165, 1.54) is 16.6 Å². The van der Waals surface area contributed by atoms with Gasteiger partial charge in [-0.1, -0.05) is 32.0 Å². The normalized spacial score (nSPS) is 17.1. The minimum absolute atomic E-state index is 0.0955. The second kappa shape index (κ2) is 6.59. The smallest absolute Gasteiger partial charge is 0.223 e. The van der Waals surface area contributed by atoms with Gasteiger partial charge in [-0.3, -0.25) is 4.79 Å². The molecule has 0 bridgehead atoms. The van der Waals surface area contributed by atoms with Crippen LogP contribution in [0.4, 0.5) is 0 Å². The van der Waals surface area contributed by atoms with Gasteiger partial charge in [-0.05, 0) is 24.0 Å². The molecule has 6 heteroatoms. The Bertz CT molecular complexity index is 939. The van der Waals surface area contributed by atoms with E-state index in [0.717, 1.165) is 24.3 Å². The fraction of sp³-hybridized carbons (Fsp3) is 0.450. The van der Waals surface area contributed by atoms with Gasteiger partial charge in [-0.25, -0.2) is 0 Å². The minimum atomic E-state index is 0.0955. The van der Waals surface area contributed by atoms with Crippen LogP contribution in [0.5, 0.6) is 0 Å². The highest BCUT2D eigenvalue weighted by Crippen LogP contribution is 2.38. The third-order valence-corrected chi connectivity index (χ3v) is 5.40. The van der Waals surface area contributed by atoms with E-state index in [2.05, 4.69) is 58.2 Å². The molecule has 0 aliphatic carbocycles. The minimum Gasteiger partial charge on any atom is -0.356 e. The Morgan fingerprint density at radius 1 is 1.35 bits per heavy atom. The standard InChI is InChI=1S/C20H25N5O/c1-13(2)20-19-15(14-6-4-5-7-16(14)22-19)10-11-25(20)18(26)9-8-17-23-21-12-24(17)3/h4-7,12-13,20,22H,8-11H2,1-3H3/t20-/m1/s1. The number of benzene rings is 1. The Hall–Kier alpha value is -2.63. The number of aromatic amines is 1. The van der Waals surface area contributed by atoms with Crippen molar-refractivity contribution in [1.29, 1.82) is 0 Å². The van der Waals surface area contributed by atoms with Crippen LogP contribution < -0.4 is 0 Å². The summed E-state index contributed by atoms with van der Waals surface area (Å²) >= 11 is 0. The molecule has 3 aromatic rings. The first-order chi connectivity index (χ1) is 12.6. The van der Waals surface area contributed by atoms with E-state index in [9.17, 15) is 4.79 Å². The van der Waals surface area contributed by atoms with Crippen molar-refractivity contribution in [1.82, 2.24) is 24.6 Å². The monoisotopic (exact) mass is 351 g/mol. The second-order valence-corrected chi connectivity index (χ2v) is 7.45. The predicted molar refractivity (Wildman–Crippen MR) is 101 cm³/mol. The van der Waals surface area contributed by atoms with Crippen molar-refractivity contribution in [3.05, 3.63) is 47.7 Å². The SMILES string of the molecule is CC(C)[C@@H]1c2[nH]c3ccccc3c2CCN1C(=O)CCc1nncn1C. The first kappa shape index (κ1) is 16.8. The van der Waals surface area contributed by atoms with Crippen molar-refractivity contribution in [2.24, 2.45) is 13.0 Å². The number of H-pyrrole nitrogens is 1. The molecule has 1 amide bonds. The molecule has 0 radical (unpaired) electrons. The van der Waals surface area contributed by atoms with Gasteiger partial charge in [-0.15, -0.1) is 10.2 Å². The van der Waals surface area contributed by atoms with E-state index in [1.807, 2.05) is 11.6 Å². The summed E-state index contributed by atoms with van der Waals surface area (Å²) in [5.41, 5.74) is 3.74. The number of nitrogens with one attached hydrogen (secondary N) is 1. The van der Waals surface area contributed by atoms with Gasteiger partial charge in [0.05, 0.1) is 6.04 Å². The average molecular weight is 351 g/mol. The molecule has 136 valence electrons. The van der Waals surface area contributed by atoms with Gasteiger partial charge in [0.15, 0.2) is 0 Å². The zero-order chi connectivity index (χ0) is 18.3. The van der Waals surface area contributed by atoms with E-state index < -0.39 is 0 Å². The van der Waals surface area contributed by atoms with Crippen molar-refractivity contribution >= 4 is 16.8 Å². The summed E-state index contributed by atoms with van der Waals surface area (Å²) in [5, 5.41) is 9.27. The predicted octanol–water partition coefficient (Wildman–Crippen LogP) is 3.01. The zero-order valence-electron chi connectivity index (χ0n) is 15.6. The molecule has 0 saturated carbocycles. The number of carbonyl (C=O) groups is 1. The van der Waals surface area contributed by atoms with Gasteiger partial charge < -0.3 is 14.5 Å². The summed E-state index contributed by atoms with van der Waals surface area (Å²) in [6.45, 7) is 5.15. The van der Waals surface area contributed by atoms with E-state index >= 15 is 0 Å². The summed E-state index contributed by atoms with van der Waals surface area (Å²) in [6, 6.07) is 8.52. The van der Waals surface area contributed by atoms with Gasteiger partial charge in [0.2, 0.25) is 5.91 Å². The van der Waals surface area contributed by atoms with Crippen LogP contribution in [-0.2, 0) is 24.7 Å². The van der Waals surface area contributed by atoms with Crippen LogP contribution in [0.1, 0.15) is 43.4 Å². The van der Waals surface area contributed by atoms with Crippen molar-refractivity contribution in [3.8, 4) is 0 Å². The maximum absolute atomic E-state index is 13.0. The maximum Gasteiger partial charge on any atom is 0.223 e. The zero-order valence-corrected chi connectivity index (χ0v) is 15.6. The molecule has 1 aliphatic heterocycles. The number of fused-ring (bicyclic) bond motifs is 3. The van der Waals surface area contributed by atoms with Crippen LogP contribution in [0, 0.1) is 5.92 Å². The van der Waals surface area contributed by atoms with Crippen LogP contribution in [0.2, 0.25) is 0 Å².